The normalized spacial score (nSPS) is 23.5. The van der Waals surface area contributed by atoms with Crippen LogP contribution in [-0.2, 0) is 9.53 Å². The topological polar surface area (TPSA) is 38.3 Å². The number of rotatable bonds is 3. The Labute approximate surface area is 71.1 Å². The summed E-state index contributed by atoms with van der Waals surface area (Å²) in [5, 5.41) is 2.72. The van der Waals surface area contributed by atoms with Gasteiger partial charge in [0.05, 0.1) is 6.61 Å². The van der Waals surface area contributed by atoms with Crippen molar-refractivity contribution in [1.29, 1.82) is 0 Å². The van der Waals surface area contributed by atoms with Gasteiger partial charge in [0.25, 0.3) is 0 Å². The maximum Gasteiger partial charge on any atom is 0.234 e. The van der Waals surface area contributed by atoms with Crippen LogP contribution in [0.2, 0.25) is 0 Å². The lowest BCUT2D eigenvalue weighted by atomic mass is 10.1. The Morgan fingerprint density at radius 1 is 1.73 bits per heavy atom. The monoisotopic (exact) mass is 177 g/mol. The number of halogens is 1. The fraction of sp³-hybridized carbons (Fsp3) is 0.857. The van der Waals surface area contributed by atoms with Crippen molar-refractivity contribution >= 4 is 17.5 Å². The Kier molecular flexibility index (Phi) is 3.66. The van der Waals surface area contributed by atoms with Crippen molar-refractivity contribution < 1.29 is 9.53 Å². The van der Waals surface area contributed by atoms with Gasteiger partial charge in [0.15, 0.2) is 0 Å². The van der Waals surface area contributed by atoms with Gasteiger partial charge in [-0.3, -0.25) is 4.79 Å². The van der Waals surface area contributed by atoms with Gasteiger partial charge in [0.2, 0.25) is 5.91 Å². The maximum atomic E-state index is 10.7. The molecular weight excluding hydrogens is 166 g/mol. The molecule has 1 unspecified atom stereocenters. The third-order valence-corrected chi connectivity index (χ3v) is 1.98. The van der Waals surface area contributed by atoms with Crippen LogP contribution in [0, 0.1) is 5.92 Å². The number of ether oxygens (including phenoxy) is 1. The van der Waals surface area contributed by atoms with Crippen LogP contribution in [0.4, 0.5) is 0 Å². The lowest BCUT2D eigenvalue weighted by Crippen LogP contribution is -2.30. The minimum Gasteiger partial charge on any atom is -0.381 e. The molecule has 0 aromatic heterocycles. The lowest BCUT2D eigenvalue weighted by molar-refractivity contribution is -0.118. The number of hydrogen-bond donors (Lipinski definition) is 1. The van der Waals surface area contributed by atoms with Crippen LogP contribution in [0.5, 0.6) is 0 Å². The number of carbonyl (C=O) groups excluding carboxylic acids is 1. The van der Waals surface area contributed by atoms with Crippen LogP contribution in [0.25, 0.3) is 0 Å². The molecule has 0 aromatic rings. The van der Waals surface area contributed by atoms with Crippen LogP contribution in [0.1, 0.15) is 6.42 Å². The second kappa shape index (κ2) is 4.57. The van der Waals surface area contributed by atoms with Crippen molar-refractivity contribution in [2.75, 3.05) is 25.6 Å². The molecule has 0 bridgehead atoms. The molecule has 1 saturated heterocycles. The highest BCUT2D eigenvalue weighted by atomic mass is 35.5. The quantitative estimate of drug-likeness (QED) is 0.633. The number of nitrogens with one attached hydrogen (secondary N) is 1. The summed E-state index contributed by atoms with van der Waals surface area (Å²) in [7, 11) is 0. The molecule has 3 nitrogen and oxygen atoms in total. The molecule has 0 spiro atoms. The lowest BCUT2D eigenvalue weighted by Gasteiger charge is -2.07. The van der Waals surface area contributed by atoms with Crippen molar-refractivity contribution in [1.82, 2.24) is 5.32 Å². The minimum absolute atomic E-state index is 0.0492. The largest absolute Gasteiger partial charge is 0.381 e. The van der Waals surface area contributed by atoms with Gasteiger partial charge >= 0.3 is 0 Å². The molecule has 0 aromatic carbocycles. The fourth-order valence-corrected chi connectivity index (χ4v) is 1.14. The molecule has 1 N–H and O–H groups in total. The summed E-state index contributed by atoms with van der Waals surface area (Å²) in [5.74, 6) is 0.439. The highest BCUT2D eigenvalue weighted by molar-refractivity contribution is 6.27. The third-order valence-electron chi connectivity index (χ3n) is 1.73. The number of amides is 1. The summed E-state index contributed by atoms with van der Waals surface area (Å²) in [6.45, 7) is 2.29. The first-order chi connectivity index (χ1) is 5.33. The standard InChI is InChI=1S/C7H12ClNO2/c8-3-7(10)9-4-6-1-2-11-5-6/h6H,1-5H2,(H,9,10). The smallest absolute Gasteiger partial charge is 0.234 e. The van der Waals surface area contributed by atoms with E-state index >= 15 is 0 Å². The molecule has 1 fully saturated rings. The van der Waals surface area contributed by atoms with E-state index in [9.17, 15) is 4.79 Å². The van der Waals surface area contributed by atoms with E-state index in [1.54, 1.807) is 0 Å². The Morgan fingerprint density at radius 2 is 2.55 bits per heavy atom. The molecular formula is C7H12ClNO2. The Balaban J connectivity index is 2.06. The molecule has 4 heteroatoms. The van der Waals surface area contributed by atoms with E-state index < -0.39 is 0 Å². The predicted octanol–water partition coefficient (Wildman–Crippen LogP) is 0.378. The minimum atomic E-state index is -0.0985. The third kappa shape index (κ3) is 3.08. The highest BCUT2D eigenvalue weighted by Crippen LogP contribution is 2.10. The molecule has 64 valence electrons. The first-order valence-electron chi connectivity index (χ1n) is 3.73. The van der Waals surface area contributed by atoms with E-state index in [0.29, 0.717) is 12.5 Å². The zero-order chi connectivity index (χ0) is 8.10. The number of carbonyl (C=O) groups is 1. The van der Waals surface area contributed by atoms with Crippen LogP contribution < -0.4 is 5.32 Å². The van der Waals surface area contributed by atoms with Crippen molar-refractivity contribution in [3.05, 3.63) is 0 Å². The molecule has 0 radical (unpaired) electrons. The maximum absolute atomic E-state index is 10.7. The van der Waals surface area contributed by atoms with Crippen LogP contribution in [0.3, 0.4) is 0 Å². The van der Waals surface area contributed by atoms with Gasteiger partial charge in [-0.15, -0.1) is 11.6 Å². The van der Waals surface area contributed by atoms with Crippen molar-refractivity contribution in [2.45, 2.75) is 6.42 Å². The van der Waals surface area contributed by atoms with E-state index in [2.05, 4.69) is 5.32 Å². The van der Waals surface area contributed by atoms with Gasteiger partial charge in [0, 0.05) is 19.1 Å². The number of alkyl halides is 1. The van der Waals surface area contributed by atoms with E-state index in [4.69, 9.17) is 16.3 Å². The summed E-state index contributed by atoms with van der Waals surface area (Å²) >= 11 is 5.29. The van der Waals surface area contributed by atoms with Crippen molar-refractivity contribution in [2.24, 2.45) is 5.92 Å². The van der Waals surface area contributed by atoms with E-state index in [-0.39, 0.29) is 11.8 Å². The molecule has 0 saturated carbocycles. The number of hydrogen-bond acceptors (Lipinski definition) is 2. The Bertz CT molecular complexity index is 134. The SMILES string of the molecule is O=C(CCl)NCC1CCOC1. The zero-order valence-corrected chi connectivity index (χ0v) is 7.06. The van der Waals surface area contributed by atoms with Crippen molar-refractivity contribution in [3.8, 4) is 0 Å². The average Bonchev–Trinajstić information content (AvgIpc) is 2.52. The summed E-state index contributed by atoms with van der Waals surface area (Å²) < 4.78 is 5.14. The zero-order valence-electron chi connectivity index (χ0n) is 6.31. The molecule has 1 heterocycles. The van der Waals surface area contributed by atoms with Gasteiger partial charge < -0.3 is 10.1 Å². The molecule has 1 aliphatic heterocycles. The van der Waals surface area contributed by atoms with E-state index in [1.165, 1.54) is 0 Å². The molecule has 11 heavy (non-hydrogen) atoms. The first-order valence-corrected chi connectivity index (χ1v) is 4.27. The summed E-state index contributed by atoms with van der Waals surface area (Å²) in [5.41, 5.74) is 0. The predicted molar refractivity (Wildman–Crippen MR) is 42.7 cm³/mol. The summed E-state index contributed by atoms with van der Waals surface area (Å²) in [6, 6.07) is 0. The van der Waals surface area contributed by atoms with Gasteiger partial charge in [0.1, 0.15) is 5.88 Å². The van der Waals surface area contributed by atoms with Crippen LogP contribution >= 0.6 is 11.6 Å². The highest BCUT2D eigenvalue weighted by Gasteiger charge is 2.15. The first kappa shape index (κ1) is 8.81. The van der Waals surface area contributed by atoms with E-state index in [0.717, 1.165) is 19.6 Å². The second-order valence-corrected chi connectivity index (χ2v) is 2.93. The Morgan fingerprint density at radius 3 is 3.09 bits per heavy atom. The van der Waals surface area contributed by atoms with Crippen LogP contribution in [-0.4, -0.2) is 31.5 Å². The van der Waals surface area contributed by atoms with Gasteiger partial charge in [-0.1, -0.05) is 0 Å². The second-order valence-electron chi connectivity index (χ2n) is 2.67. The van der Waals surface area contributed by atoms with Gasteiger partial charge in [-0.05, 0) is 6.42 Å². The van der Waals surface area contributed by atoms with E-state index in [1.807, 2.05) is 0 Å². The molecule has 1 rings (SSSR count). The van der Waals surface area contributed by atoms with Gasteiger partial charge in [-0.2, -0.15) is 0 Å². The molecule has 1 atom stereocenters. The van der Waals surface area contributed by atoms with Gasteiger partial charge in [-0.25, -0.2) is 0 Å². The fourth-order valence-electron chi connectivity index (χ4n) is 1.05. The molecule has 0 aliphatic carbocycles. The van der Waals surface area contributed by atoms with Crippen LogP contribution in [0.15, 0.2) is 0 Å². The molecule has 1 amide bonds. The summed E-state index contributed by atoms with van der Waals surface area (Å²) in [6.07, 6.45) is 1.04. The van der Waals surface area contributed by atoms with Crippen molar-refractivity contribution in [3.63, 3.8) is 0 Å². The molecule has 1 aliphatic rings. The Hall–Kier alpha value is -0.280. The average molecular weight is 178 g/mol. The summed E-state index contributed by atoms with van der Waals surface area (Å²) in [4.78, 5) is 10.7.